The fourth-order valence-electron chi connectivity index (χ4n) is 6.15. The largest absolute Gasteiger partial charge is 0.395 e. The van der Waals surface area contributed by atoms with Crippen molar-refractivity contribution in [1.29, 1.82) is 0 Å². The summed E-state index contributed by atoms with van der Waals surface area (Å²) in [5.74, 6) is 0.906. The van der Waals surface area contributed by atoms with Gasteiger partial charge in [-0.2, -0.15) is 4.58 Å². The van der Waals surface area contributed by atoms with Crippen molar-refractivity contribution in [3.8, 4) is 0 Å². The lowest BCUT2D eigenvalue weighted by molar-refractivity contribution is -0.441. The van der Waals surface area contributed by atoms with E-state index in [2.05, 4.69) is 80.5 Å². The topological polar surface area (TPSA) is 63.8 Å². The molecule has 0 saturated carbocycles. The molecule has 0 saturated heterocycles. The average molecular weight is 530 g/mol. The van der Waals surface area contributed by atoms with Gasteiger partial charge in [0.05, 0.1) is 12.0 Å². The van der Waals surface area contributed by atoms with E-state index in [4.69, 9.17) is 0 Å². The summed E-state index contributed by atoms with van der Waals surface area (Å²) < 4.78 is 2.15. The molecule has 1 aliphatic carbocycles. The van der Waals surface area contributed by atoms with Crippen LogP contribution in [0, 0.1) is 0 Å². The lowest BCUT2D eigenvalue weighted by Crippen LogP contribution is -2.32. The van der Waals surface area contributed by atoms with E-state index in [0.29, 0.717) is 13.1 Å². The lowest BCUT2D eigenvalue weighted by atomic mass is 9.78. The van der Waals surface area contributed by atoms with Gasteiger partial charge in [0.15, 0.2) is 18.0 Å². The number of aliphatic hydroxyl groups is 2. The molecule has 0 bridgehead atoms. The van der Waals surface area contributed by atoms with Gasteiger partial charge in [-0.1, -0.05) is 57.2 Å². The Kier molecular flexibility index (Phi) is 7.01. The van der Waals surface area contributed by atoms with E-state index in [0.717, 1.165) is 44.6 Å². The number of para-hydroxylation sites is 2. The zero-order chi connectivity index (χ0) is 27.2. The van der Waals surface area contributed by atoms with Crippen molar-refractivity contribution >= 4 is 34.6 Å². The molecule has 38 heavy (non-hydrogen) atoms. The number of anilines is 1. The van der Waals surface area contributed by atoms with Crippen molar-refractivity contribution < 1.29 is 19.6 Å². The molecule has 6 heteroatoms. The van der Waals surface area contributed by atoms with E-state index < -0.39 is 0 Å². The summed E-state index contributed by atoms with van der Waals surface area (Å²) in [6.07, 6.45) is 4.11. The number of benzene rings is 2. The van der Waals surface area contributed by atoms with E-state index in [1.54, 1.807) is 11.8 Å². The van der Waals surface area contributed by atoms with Crippen LogP contribution in [0.15, 0.2) is 82.4 Å². The molecule has 5 nitrogen and oxygen atoms in total. The second kappa shape index (κ2) is 9.99. The van der Waals surface area contributed by atoms with Crippen LogP contribution in [-0.4, -0.2) is 58.3 Å². The van der Waals surface area contributed by atoms with Gasteiger partial charge in [0.1, 0.15) is 6.61 Å². The molecule has 0 atom stereocenters. The fourth-order valence-corrected chi connectivity index (χ4v) is 7.06. The molecular formula is C32H37N2O3S+. The number of thioether (sulfide) groups is 1. The standard InChI is InChI=1S/C32H37N2O3S/c1-6-38-30-21(19-27-31(2,3)23-11-7-9-13-25(23)33(27)15-17-35)29(37)22(30)20-28-32(4,5)24-12-8-10-14-26(24)34(28)16-18-36/h7-14,19-20,35-36H,6,15-18H2,1-5H3/q+1. The third-order valence-corrected chi connectivity index (χ3v) is 9.09. The van der Waals surface area contributed by atoms with Crippen molar-refractivity contribution in [3.05, 3.63) is 93.6 Å². The minimum Gasteiger partial charge on any atom is -0.395 e. The van der Waals surface area contributed by atoms with Gasteiger partial charge in [-0.15, -0.1) is 11.8 Å². The first kappa shape index (κ1) is 26.7. The number of ketones is 1. The number of hydrogen-bond acceptors (Lipinski definition) is 5. The minimum atomic E-state index is -0.289. The molecule has 2 aromatic rings. The van der Waals surface area contributed by atoms with Crippen molar-refractivity contribution in [2.24, 2.45) is 0 Å². The Balaban J connectivity index is 1.63. The van der Waals surface area contributed by atoms with Gasteiger partial charge in [-0.25, -0.2) is 0 Å². The predicted molar refractivity (Wildman–Crippen MR) is 157 cm³/mol. The van der Waals surface area contributed by atoms with E-state index in [9.17, 15) is 15.0 Å². The SMILES string of the molecule is CCSC1=C(C=C2N(CCO)c3ccccc3C2(C)C)C(=O)C1=CC1=[N+](CCO)c2ccccc2C1(C)C. The van der Waals surface area contributed by atoms with Crippen LogP contribution >= 0.6 is 11.8 Å². The van der Waals surface area contributed by atoms with Crippen molar-refractivity contribution in [2.75, 3.05) is 37.0 Å². The van der Waals surface area contributed by atoms with Gasteiger partial charge >= 0.3 is 0 Å². The number of carbonyl (C=O) groups excluding carboxylic acids is 1. The Hall–Kier alpha value is -2.93. The van der Waals surface area contributed by atoms with Crippen LogP contribution in [0.3, 0.4) is 0 Å². The Morgan fingerprint density at radius 1 is 0.921 bits per heavy atom. The average Bonchev–Trinajstić information content (AvgIpc) is 3.25. The molecule has 3 aliphatic rings. The summed E-state index contributed by atoms with van der Waals surface area (Å²) in [6.45, 7) is 11.9. The van der Waals surface area contributed by atoms with Crippen LogP contribution in [-0.2, 0) is 15.6 Å². The number of Topliss-reactive ketones (excluding diaryl/α,β-unsaturated/α-hetero) is 1. The third kappa shape index (κ3) is 4.01. The summed E-state index contributed by atoms with van der Waals surface area (Å²) in [5, 5.41) is 19.7. The summed E-state index contributed by atoms with van der Waals surface area (Å²) in [6, 6.07) is 16.6. The minimum absolute atomic E-state index is 0.0329. The predicted octanol–water partition coefficient (Wildman–Crippen LogP) is 5.25. The van der Waals surface area contributed by atoms with Crippen LogP contribution in [0.4, 0.5) is 11.4 Å². The lowest BCUT2D eigenvalue weighted by Gasteiger charge is -2.30. The van der Waals surface area contributed by atoms with Crippen LogP contribution in [0.5, 0.6) is 0 Å². The van der Waals surface area contributed by atoms with E-state index in [-0.39, 0.29) is 29.8 Å². The molecule has 0 radical (unpaired) electrons. The van der Waals surface area contributed by atoms with Gasteiger partial charge in [0, 0.05) is 57.1 Å². The van der Waals surface area contributed by atoms with Crippen molar-refractivity contribution in [3.63, 3.8) is 0 Å². The highest BCUT2D eigenvalue weighted by atomic mass is 32.2. The smallest absolute Gasteiger partial charge is 0.209 e. The molecule has 0 spiro atoms. The first-order valence-electron chi connectivity index (χ1n) is 13.4. The Labute approximate surface area is 229 Å². The van der Waals surface area contributed by atoms with E-state index >= 15 is 0 Å². The zero-order valence-corrected chi connectivity index (χ0v) is 23.7. The number of allylic oxidation sites excluding steroid dienone is 5. The van der Waals surface area contributed by atoms with E-state index in [1.165, 1.54) is 11.1 Å². The number of hydrogen-bond donors (Lipinski definition) is 2. The normalized spacial score (nSPS) is 21.4. The summed E-state index contributed by atoms with van der Waals surface area (Å²) in [5.41, 5.74) is 7.55. The fraction of sp³-hybridized carbons (Fsp3) is 0.375. The number of fused-ring (bicyclic) bond motifs is 2. The van der Waals surface area contributed by atoms with Crippen LogP contribution in [0.2, 0.25) is 0 Å². The van der Waals surface area contributed by atoms with Gasteiger partial charge in [0.25, 0.3) is 0 Å². The Bertz CT molecular complexity index is 1430. The maximum absolute atomic E-state index is 13.8. The van der Waals surface area contributed by atoms with E-state index in [1.807, 2.05) is 24.3 Å². The molecule has 198 valence electrons. The summed E-state index contributed by atoms with van der Waals surface area (Å²) in [7, 11) is 0. The molecule has 2 N–H and O–H groups in total. The van der Waals surface area contributed by atoms with Crippen molar-refractivity contribution in [2.45, 2.75) is 45.4 Å². The first-order chi connectivity index (χ1) is 18.2. The number of rotatable bonds is 8. The van der Waals surface area contributed by atoms with Gasteiger partial charge in [0.2, 0.25) is 5.69 Å². The van der Waals surface area contributed by atoms with Crippen molar-refractivity contribution in [1.82, 2.24) is 0 Å². The molecule has 5 rings (SSSR count). The van der Waals surface area contributed by atoms with Gasteiger partial charge < -0.3 is 15.1 Å². The number of carbonyl (C=O) groups is 1. The van der Waals surface area contributed by atoms with Gasteiger partial charge in [-0.05, 0) is 37.3 Å². The summed E-state index contributed by atoms with van der Waals surface area (Å²) in [4.78, 5) is 17.0. The van der Waals surface area contributed by atoms with Crippen LogP contribution in [0.1, 0.15) is 45.7 Å². The molecule has 2 aromatic carbocycles. The molecule has 0 unspecified atom stereocenters. The molecule has 2 aliphatic heterocycles. The third-order valence-electron chi connectivity index (χ3n) is 8.08. The monoisotopic (exact) mass is 529 g/mol. The Morgan fingerprint density at radius 3 is 2.29 bits per heavy atom. The quantitative estimate of drug-likeness (QED) is 0.362. The summed E-state index contributed by atoms with van der Waals surface area (Å²) >= 11 is 1.70. The highest BCUT2D eigenvalue weighted by Crippen LogP contribution is 2.50. The maximum atomic E-state index is 13.8. The highest BCUT2D eigenvalue weighted by Gasteiger charge is 2.47. The maximum Gasteiger partial charge on any atom is 0.209 e. The number of β-amino-alcohol motifs (C(OH)–C–C–N with tert-alkyl or cyclic N) is 2. The van der Waals surface area contributed by atoms with Gasteiger partial charge in [-0.3, -0.25) is 4.79 Å². The highest BCUT2D eigenvalue weighted by molar-refractivity contribution is 8.03. The molecule has 0 amide bonds. The second-order valence-electron chi connectivity index (χ2n) is 11.0. The number of nitrogens with zero attached hydrogens (tertiary/aromatic N) is 2. The number of aliphatic hydroxyl groups excluding tert-OH is 2. The first-order valence-corrected chi connectivity index (χ1v) is 14.4. The molecule has 0 aromatic heterocycles. The second-order valence-corrected chi connectivity index (χ2v) is 12.3. The molecular weight excluding hydrogens is 492 g/mol. The zero-order valence-electron chi connectivity index (χ0n) is 22.9. The van der Waals surface area contributed by atoms with Crippen LogP contribution < -0.4 is 4.90 Å². The molecule has 2 heterocycles. The molecule has 0 fully saturated rings. The van der Waals surface area contributed by atoms with Crippen LogP contribution in [0.25, 0.3) is 0 Å². The Morgan fingerprint density at radius 2 is 1.61 bits per heavy atom.